The average Bonchev–Trinajstić information content (AvgIpc) is 2.74. The van der Waals surface area contributed by atoms with Gasteiger partial charge >= 0.3 is 0 Å². The maximum atomic E-state index is 12.8. The minimum absolute atomic E-state index is 0.142. The molecule has 0 aromatic heterocycles. The Labute approximate surface area is 166 Å². The Morgan fingerprint density at radius 2 is 1.71 bits per heavy atom. The monoisotopic (exact) mass is 403 g/mol. The zero-order valence-corrected chi connectivity index (χ0v) is 16.7. The molecule has 1 aliphatic rings. The van der Waals surface area contributed by atoms with Crippen LogP contribution in [0.2, 0.25) is 0 Å². The number of benzene rings is 2. The molecule has 0 spiro atoms. The van der Waals surface area contributed by atoms with Crippen LogP contribution in [0.4, 0.5) is 5.69 Å². The lowest BCUT2D eigenvalue weighted by Gasteiger charge is -2.26. The van der Waals surface area contributed by atoms with Gasteiger partial charge in [0.2, 0.25) is 0 Å². The number of hydrogen-bond acceptors (Lipinski definition) is 5. The summed E-state index contributed by atoms with van der Waals surface area (Å²) in [6, 6.07) is 14.9. The first-order valence-electron chi connectivity index (χ1n) is 9.21. The lowest BCUT2D eigenvalue weighted by molar-refractivity contribution is 0.0383. The smallest absolute Gasteiger partial charge is 0.264 e. The highest BCUT2D eigenvalue weighted by atomic mass is 32.2. The Hall–Kier alpha value is -2.42. The van der Waals surface area contributed by atoms with Gasteiger partial charge in [-0.3, -0.25) is 14.0 Å². The minimum Gasteiger partial charge on any atom is -0.379 e. The van der Waals surface area contributed by atoms with Crippen LogP contribution in [0.15, 0.2) is 59.5 Å². The summed E-state index contributed by atoms with van der Waals surface area (Å²) in [5.41, 5.74) is 1.01. The second-order valence-corrected chi connectivity index (χ2v) is 8.51. The highest BCUT2D eigenvalue weighted by Crippen LogP contribution is 2.21. The largest absolute Gasteiger partial charge is 0.379 e. The number of ether oxygens (including phenoxy) is 1. The van der Waals surface area contributed by atoms with E-state index in [0.29, 0.717) is 17.8 Å². The van der Waals surface area contributed by atoms with Crippen LogP contribution in [0, 0.1) is 0 Å². The normalized spacial score (nSPS) is 15.2. The molecule has 1 N–H and O–H groups in total. The number of sulfonamides is 1. The van der Waals surface area contributed by atoms with E-state index in [-0.39, 0.29) is 10.8 Å². The van der Waals surface area contributed by atoms with Crippen molar-refractivity contribution < 1.29 is 17.9 Å². The van der Waals surface area contributed by atoms with E-state index in [1.807, 2.05) is 6.07 Å². The summed E-state index contributed by atoms with van der Waals surface area (Å²) in [5.74, 6) is -0.214. The topological polar surface area (TPSA) is 79.0 Å². The zero-order chi connectivity index (χ0) is 20.0. The summed E-state index contributed by atoms with van der Waals surface area (Å²) in [6.45, 7) is 4.50. The predicted molar refractivity (Wildman–Crippen MR) is 108 cm³/mol. The average molecular weight is 404 g/mol. The first-order chi connectivity index (χ1) is 13.5. The van der Waals surface area contributed by atoms with Crippen molar-refractivity contribution in [3.05, 3.63) is 60.2 Å². The first kappa shape index (κ1) is 20.3. The molecule has 8 heteroatoms. The lowest BCUT2D eigenvalue weighted by atomic mass is 10.2. The third-order valence-corrected chi connectivity index (χ3v) is 6.51. The third-order valence-electron chi connectivity index (χ3n) is 4.71. The van der Waals surface area contributed by atoms with Gasteiger partial charge in [-0.1, -0.05) is 18.2 Å². The van der Waals surface area contributed by atoms with Crippen LogP contribution in [-0.2, 0) is 14.8 Å². The predicted octanol–water partition coefficient (Wildman–Crippen LogP) is 1.57. The van der Waals surface area contributed by atoms with Gasteiger partial charge in [-0.05, 0) is 36.4 Å². The lowest BCUT2D eigenvalue weighted by Crippen LogP contribution is -2.41. The van der Waals surface area contributed by atoms with Crippen molar-refractivity contribution in [1.29, 1.82) is 0 Å². The first-order valence-corrected chi connectivity index (χ1v) is 10.6. The van der Waals surface area contributed by atoms with E-state index in [0.717, 1.165) is 32.8 Å². The molecule has 1 saturated heterocycles. The molecule has 1 heterocycles. The fourth-order valence-electron chi connectivity index (χ4n) is 2.97. The van der Waals surface area contributed by atoms with E-state index in [4.69, 9.17) is 4.74 Å². The van der Waals surface area contributed by atoms with Gasteiger partial charge in [0.25, 0.3) is 15.9 Å². The standard InChI is InChI=1S/C20H25N3O4S/c1-22(18-5-3-2-4-6-18)28(25,26)19-9-7-17(8-10-19)20(24)21-11-12-23-13-15-27-16-14-23/h2-10H,11-16H2,1H3,(H,21,24). The van der Waals surface area contributed by atoms with Gasteiger partial charge in [-0.25, -0.2) is 8.42 Å². The number of nitrogens with one attached hydrogen (secondary N) is 1. The summed E-state index contributed by atoms with van der Waals surface area (Å²) in [6.07, 6.45) is 0. The molecule has 150 valence electrons. The van der Waals surface area contributed by atoms with Gasteiger partial charge in [0, 0.05) is 38.8 Å². The van der Waals surface area contributed by atoms with E-state index >= 15 is 0 Å². The molecule has 0 radical (unpaired) electrons. The van der Waals surface area contributed by atoms with Crippen LogP contribution in [0.3, 0.4) is 0 Å². The number of carbonyl (C=O) groups is 1. The minimum atomic E-state index is -3.68. The molecule has 2 aromatic carbocycles. The van der Waals surface area contributed by atoms with Crippen molar-refractivity contribution in [1.82, 2.24) is 10.2 Å². The van der Waals surface area contributed by atoms with Crippen LogP contribution < -0.4 is 9.62 Å². The van der Waals surface area contributed by atoms with Crippen molar-refractivity contribution in [3.63, 3.8) is 0 Å². The third kappa shape index (κ3) is 4.89. The number of para-hydroxylation sites is 1. The molecule has 1 fully saturated rings. The molecule has 0 aliphatic carbocycles. The summed E-state index contributed by atoms with van der Waals surface area (Å²) in [5, 5.41) is 2.87. The van der Waals surface area contributed by atoms with Crippen LogP contribution in [0.25, 0.3) is 0 Å². The SMILES string of the molecule is CN(c1ccccc1)S(=O)(=O)c1ccc(C(=O)NCCN2CCOCC2)cc1. The van der Waals surface area contributed by atoms with Crippen molar-refractivity contribution in [2.24, 2.45) is 0 Å². The number of nitrogens with zero attached hydrogens (tertiary/aromatic N) is 2. The van der Waals surface area contributed by atoms with Crippen molar-refractivity contribution >= 4 is 21.6 Å². The summed E-state index contributed by atoms with van der Waals surface area (Å²) < 4.78 is 32.1. The molecule has 7 nitrogen and oxygen atoms in total. The Morgan fingerprint density at radius 1 is 1.07 bits per heavy atom. The number of morpholine rings is 1. The second-order valence-electron chi connectivity index (χ2n) is 6.54. The fourth-order valence-corrected chi connectivity index (χ4v) is 4.16. The number of rotatable bonds is 7. The van der Waals surface area contributed by atoms with E-state index in [9.17, 15) is 13.2 Å². The van der Waals surface area contributed by atoms with Gasteiger partial charge < -0.3 is 10.1 Å². The van der Waals surface area contributed by atoms with Crippen LogP contribution in [-0.4, -0.2) is 65.7 Å². The molecule has 0 atom stereocenters. The molecule has 1 aliphatic heterocycles. The highest BCUT2D eigenvalue weighted by Gasteiger charge is 2.21. The quantitative estimate of drug-likeness (QED) is 0.759. The summed E-state index contributed by atoms with van der Waals surface area (Å²) in [7, 11) is -2.17. The van der Waals surface area contributed by atoms with Gasteiger partial charge in [-0.15, -0.1) is 0 Å². The molecule has 0 saturated carbocycles. The highest BCUT2D eigenvalue weighted by molar-refractivity contribution is 7.92. The van der Waals surface area contributed by atoms with Gasteiger partial charge in [0.1, 0.15) is 0 Å². The van der Waals surface area contributed by atoms with Crippen molar-refractivity contribution in [2.45, 2.75) is 4.90 Å². The maximum Gasteiger partial charge on any atom is 0.264 e. The fraction of sp³-hybridized carbons (Fsp3) is 0.350. The molecule has 0 unspecified atom stereocenters. The molecule has 28 heavy (non-hydrogen) atoms. The summed E-state index contributed by atoms with van der Waals surface area (Å²) in [4.78, 5) is 14.7. The number of carbonyl (C=O) groups excluding carboxylic acids is 1. The van der Waals surface area contributed by atoms with E-state index in [2.05, 4.69) is 10.2 Å². The van der Waals surface area contributed by atoms with Crippen molar-refractivity contribution in [3.8, 4) is 0 Å². The van der Waals surface area contributed by atoms with E-state index in [1.165, 1.54) is 35.6 Å². The van der Waals surface area contributed by atoms with Gasteiger partial charge in [-0.2, -0.15) is 0 Å². The Morgan fingerprint density at radius 3 is 2.36 bits per heavy atom. The molecule has 0 bridgehead atoms. The molecular weight excluding hydrogens is 378 g/mol. The Kier molecular flexibility index (Phi) is 6.66. The molecule has 3 rings (SSSR count). The molecule has 2 aromatic rings. The van der Waals surface area contributed by atoms with E-state index in [1.54, 1.807) is 24.3 Å². The van der Waals surface area contributed by atoms with Crippen LogP contribution in [0.5, 0.6) is 0 Å². The molecule has 1 amide bonds. The van der Waals surface area contributed by atoms with Crippen molar-refractivity contribution in [2.75, 3.05) is 50.7 Å². The van der Waals surface area contributed by atoms with Crippen LogP contribution in [0.1, 0.15) is 10.4 Å². The number of hydrogen-bond donors (Lipinski definition) is 1. The van der Waals surface area contributed by atoms with Crippen LogP contribution >= 0.6 is 0 Å². The Balaban J connectivity index is 1.59. The van der Waals surface area contributed by atoms with Gasteiger partial charge in [0.05, 0.1) is 23.8 Å². The molecular formula is C20H25N3O4S. The van der Waals surface area contributed by atoms with Gasteiger partial charge in [0.15, 0.2) is 0 Å². The second kappa shape index (κ2) is 9.18. The number of anilines is 1. The van der Waals surface area contributed by atoms with E-state index < -0.39 is 10.0 Å². The summed E-state index contributed by atoms with van der Waals surface area (Å²) >= 11 is 0. The maximum absolute atomic E-state index is 12.8. The number of amides is 1. The zero-order valence-electron chi connectivity index (χ0n) is 15.9. The Bertz CT molecular complexity index is 879.